The van der Waals surface area contributed by atoms with Crippen LogP contribution in [0.1, 0.15) is 26.7 Å². The highest BCUT2D eigenvalue weighted by Crippen LogP contribution is 2.34. The van der Waals surface area contributed by atoms with E-state index in [2.05, 4.69) is 35.1 Å². The van der Waals surface area contributed by atoms with Gasteiger partial charge < -0.3 is 5.32 Å². The summed E-state index contributed by atoms with van der Waals surface area (Å²) >= 11 is 15.6. The van der Waals surface area contributed by atoms with E-state index in [9.17, 15) is 0 Å². The molecule has 1 aromatic rings. The molecule has 4 heteroatoms. The highest BCUT2D eigenvalue weighted by Gasteiger charge is 2.09. The molecule has 0 saturated carbocycles. The van der Waals surface area contributed by atoms with Crippen molar-refractivity contribution >= 4 is 44.8 Å². The molecule has 0 amide bonds. The maximum Gasteiger partial charge on any atom is 0.0719 e. The zero-order chi connectivity index (χ0) is 12.1. The molecule has 0 spiro atoms. The van der Waals surface area contributed by atoms with Crippen molar-refractivity contribution in [3.63, 3.8) is 0 Å². The van der Waals surface area contributed by atoms with Crippen LogP contribution in [0.15, 0.2) is 16.6 Å². The summed E-state index contributed by atoms with van der Waals surface area (Å²) in [6, 6.07) is 3.70. The molecule has 0 saturated heterocycles. The number of hydrogen-bond acceptors (Lipinski definition) is 1. The second-order valence-corrected chi connectivity index (χ2v) is 5.54. The highest BCUT2D eigenvalue weighted by atomic mass is 79.9. The first-order valence-electron chi connectivity index (χ1n) is 5.46. The molecular weight excluding hydrogens is 309 g/mol. The van der Waals surface area contributed by atoms with Crippen LogP contribution in [-0.4, -0.2) is 6.54 Å². The fourth-order valence-electron chi connectivity index (χ4n) is 1.53. The van der Waals surface area contributed by atoms with Gasteiger partial charge in [-0.1, -0.05) is 65.8 Å². The van der Waals surface area contributed by atoms with Gasteiger partial charge in [-0.25, -0.2) is 0 Å². The van der Waals surface area contributed by atoms with E-state index in [1.54, 1.807) is 0 Å². The Morgan fingerprint density at radius 3 is 2.12 bits per heavy atom. The molecule has 0 aliphatic carbocycles. The minimum Gasteiger partial charge on any atom is -0.382 e. The van der Waals surface area contributed by atoms with E-state index in [1.807, 2.05) is 12.1 Å². The Bertz CT molecular complexity index is 328. The first kappa shape index (κ1) is 14.1. The Hall–Kier alpha value is 0.0800. The second-order valence-electron chi connectivity index (χ2n) is 3.81. The van der Waals surface area contributed by atoms with Crippen molar-refractivity contribution in [1.29, 1.82) is 0 Å². The van der Waals surface area contributed by atoms with Crippen LogP contribution in [0.3, 0.4) is 0 Å². The molecule has 1 N–H and O–H groups in total. The normalized spacial score (nSPS) is 10.9. The van der Waals surface area contributed by atoms with E-state index in [4.69, 9.17) is 23.2 Å². The number of hydrogen-bond donors (Lipinski definition) is 1. The molecule has 0 aromatic heterocycles. The van der Waals surface area contributed by atoms with E-state index in [0.717, 1.165) is 29.5 Å². The lowest BCUT2D eigenvalue weighted by Crippen LogP contribution is -2.13. The van der Waals surface area contributed by atoms with Gasteiger partial charge in [0, 0.05) is 11.0 Å². The fourth-order valence-corrected chi connectivity index (χ4v) is 2.88. The molecule has 1 rings (SSSR count). The number of benzene rings is 1. The molecule has 0 aliphatic heterocycles. The standard InChI is InChI=1S/C12H16BrCl2N/c1-3-8(4-2)7-16-12-10(14)5-9(13)6-11(12)15/h5-6,8,16H,3-4,7H2,1-2H3. The van der Waals surface area contributed by atoms with E-state index in [-0.39, 0.29) is 0 Å². The van der Waals surface area contributed by atoms with Crippen LogP contribution >= 0.6 is 39.1 Å². The van der Waals surface area contributed by atoms with Crippen LogP contribution in [0.25, 0.3) is 0 Å². The third kappa shape index (κ3) is 3.83. The van der Waals surface area contributed by atoms with Crippen molar-refractivity contribution in [2.75, 3.05) is 11.9 Å². The Morgan fingerprint density at radius 2 is 1.69 bits per heavy atom. The van der Waals surface area contributed by atoms with Crippen LogP contribution in [0.4, 0.5) is 5.69 Å². The second kappa shape index (κ2) is 6.73. The van der Waals surface area contributed by atoms with Crippen molar-refractivity contribution < 1.29 is 0 Å². The number of nitrogens with one attached hydrogen (secondary N) is 1. The summed E-state index contributed by atoms with van der Waals surface area (Å²) in [4.78, 5) is 0. The molecule has 1 nitrogen and oxygen atoms in total. The molecule has 16 heavy (non-hydrogen) atoms. The molecule has 0 atom stereocenters. The van der Waals surface area contributed by atoms with Gasteiger partial charge in [-0.05, 0) is 18.1 Å². The summed E-state index contributed by atoms with van der Waals surface area (Å²) in [5.41, 5.74) is 0.832. The predicted octanol–water partition coefficient (Wildman–Crippen LogP) is 5.60. The molecular formula is C12H16BrCl2N. The van der Waals surface area contributed by atoms with Gasteiger partial charge in [-0.15, -0.1) is 0 Å². The summed E-state index contributed by atoms with van der Waals surface area (Å²) in [5, 5.41) is 4.64. The van der Waals surface area contributed by atoms with E-state index in [1.165, 1.54) is 0 Å². The molecule has 0 aliphatic rings. The van der Waals surface area contributed by atoms with Crippen LogP contribution in [0, 0.1) is 5.92 Å². The largest absolute Gasteiger partial charge is 0.382 e. The molecule has 90 valence electrons. The van der Waals surface area contributed by atoms with E-state index in [0.29, 0.717) is 16.0 Å². The van der Waals surface area contributed by atoms with Gasteiger partial charge in [0.2, 0.25) is 0 Å². The van der Waals surface area contributed by atoms with Crippen molar-refractivity contribution in [3.05, 3.63) is 26.7 Å². The monoisotopic (exact) mass is 323 g/mol. The average molecular weight is 325 g/mol. The summed E-state index contributed by atoms with van der Waals surface area (Å²) in [5.74, 6) is 0.663. The van der Waals surface area contributed by atoms with Crippen molar-refractivity contribution in [3.8, 4) is 0 Å². The lowest BCUT2D eigenvalue weighted by molar-refractivity contribution is 0.519. The van der Waals surface area contributed by atoms with Gasteiger partial charge in [0.25, 0.3) is 0 Å². The third-order valence-corrected chi connectivity index (χ3v) is 3.78. The van der Waals surface area contributed by atoms with Gasteiger partial charge in [0.15, 0.2) is 0 Å². The van der Waals surface area contributed by atoms with Gasteiger partial charge in [0.05, 0.1) is 15.7 Å². The van der Waals surface area contributed by atoms with Crippen LogP contribution < -0.4 is 5.32 Å². The van der Waals surface area contributed by atoms with Gasteiger partial charge in [0.1, 0.15) is 0 Å². The first-order valence-corrected chi connectivity index (χ1v) is 7.01. The van der Waals surface area contributed by atoms with Gasteiger partial charge in [-0.2, -0.15) is 0 Å². The molecule has 0 heterocycles. The SMILES string of the molecule is CCC(CC)CNc1c(Cl)cc(Br)cc1Cl. The number of halogens is 3. The Morgan fingerprint density at radius 1 is 1.19 bits per heavy atom. The summed E-state index contributed by atoms with van der Waals surface area (Å²) in [6.45, 7) is 5.30. The maximum absolute atomic E-state index is 6.13. The Labute approximate surface area is 116 Å². The van der Waals surface area contributed by atoms with Gasteiger partial charge in [-0.3, -0.25) is 0 Å². The average Bonchev–Trinajstić information content (AvgIpc) is 2.22. The van der Waals surface area contributed by atoms with E-state index >= 15 is 0 Å². The smallest absolute Gasteiger partial charge is 0.0719 e. The fraction of sp³-hybridized carbons (Fsp3) is 0.500. The van der Waals surface area contributed by atoms with E-state index < -0.39 is 0 Å². The number of rotatable bonds is 5. The van der Waals surface area contributed by atoms with Crippen molar-refractivity contribution in [2.24, 2.45) is 5.92 Å². The minimum absolute atomic E-state index is 0.658. The van der Waals surface area contributed by atoms with Crippen molar-refractivity contribution in [2.45, 2.75) is 26.7 Å². The summed E-state index contributed by atoms with van der Waals surface area (Å²) < 4.78 is 0.899. The zero-order valence-electron chi connectivity index (χ0n) is 9.49. The quantitative estimate of drug-likeness (QED) is 0.742. The lowest BCUT2D eigenvalue weighted by atomic mass is 10.0. The molecule has 1 aromatic carbocycles. The molecule has 0 bridgehead atoms. The van der Waals surface area contributed by atoms with Crippen molar-refractivity contribution in [1.82, 2.24) is 0 Å². The molecule has 0 fully saturated rings. The summed E-state index contributed by atoms with van der Waals surface area (Å²) in [7, 11) is 0. The first-order chi connectivity index (χ1) is 7.58. The maximum atomic E-state index is 6.13. The number of anilines is 1. The predicted molar refractivity (Wildman–Crippen MR) is 76.7 cm³/mol. The Kier molecular flexibility index (Phi) is 5.95. The van der Waals surface area contributed by atoms with Gasteiger partial charge >= 0.3 is 0 Å². The topological polar surface area (TPSA) is 12.0 Å². The zero-order valence-corrected chi connectivity index (χ0v) is 12.6. The molecule has 0 radical (unpaired) electrons. The highest BCUT2D eigenvalue weighted by molar-refractivity contribution is 9.10. The Balaban J connectivity index is 2.74. The minimum atomic E-state index is 0.658. The molecule has 0 unspecified atom stereocenters. The van der Waals surface area contributed by atoms with Crippen LogP contribution in [-0.2, 0) is 0 Å². The van der Waals surface area contributed by atoms with Crippen LogP contribution in [0.2, 0.25) is 10.0 Å². The lowest BCUT2D eigenvalue weighted by Gasteiger charge is -2.16. The third-order valence-electron chi connectivity index (χ3n) is 2.73. The van der Waals surface area contributed by atoms with Crippen LogP contribution in [0.5, 0.6) is 0 Å². The summed E-state index contributed by atoms with van der Waals surface area (Å²) in [6.07, 6.45) is 2.32.